The first-order chi connectivity index (χ1) is 12.2. The second-order valence-electron chi connectivity index (χ2n) is 6.31. The van der Waals surface area contributed by atoms with Crippen molar-refractivity contribution >= 4 is 17.5 Å². The van der Waals surface area contributed by atoms with Crippen LogP contribution in [0, 0.1) is 0 Å². The highest BCUT2D eigenvalue weighted by molar-refractivity contribution is 8.00. The molecule has 0 bridgehead atoms. The number of hydrogen-bond donors (Lipinski definition) is 0. The number of hydrogen-bond acceptors (Lipinski definition) is 4. The number of benzene rings is 2. The van der Waals surface area contributed by atoms with Crippen LogP contribution in [0.2, 0.25) is 0 Å². The van der Waals surface area contributed by atoms with Gasteiger partial charge in [0.1, 0.15) is 11.1 Å². The lowest BCUT2D eigenvalue weighted by atomic mass is 10.0. The summed E-state index contributed by atoms with van der Waals surface area (Å²) in [6.45, 7) is 0. The third-order valence-corrected chi connectivity index (χ3v) is 5.72. The van der Waals surface area contributed by atoms with Gasteiger partial charge in [0, 0.05) is 18.5 Å². The van der Waals surface area contributed by atoms with Crippen molar-refractivity contribution in [3.8, 4) is 0 Å². The molecule has 25 heavy (non-hydrogen) atoms. The van der Waals surface area contributed by atoms with E-state index in [1.165, 1.54) is 24.6 Å². The number of thioether (sulfide) groups is 1. The summed E-state index contributed by atoms with van der Waals surface area (Å²) < 4.78 is 2.04. The van der Waals surface area contributed by atoms with Crippen molar-refractivity contribution in [3.05, 3.63) is 77.6 Å². The van der Waals surface area contributed by atoms with Crippen LogP contribution >= 0.6 is 11.8 Å². The Balaban J connectivity index is 1.67. The smallest absolute Gasteiger partial charge is 0.192 e. The molecule has 1 unspecified atom stereocenters. The minimum atomic E-state index is -0.335. The van der Waals surface area contributed by atoms with Gasteiger partial charge in [0.15, 0.2) is 10.9 Å². The van der Waals surface area contributed by atoms with Crippen molar-refractivity contribution in [2.75, 3.05) is 0 Å². The van der Waals surface area contributed by atoms with Gasteiger partial charge < -0.3 is 4.57 Å². The summed E-state index contributed by atoms with van der Waals surface area (Å²) >= 11 is 1.48. The molecule has 0 aliphatic heterocycles. The maximum absolute atomic E-state index is 13.1. The van der Waals surface area contributed by atoms with Gasteiger partial charge in [-0.25, -0.2) is 0 Å². The number of Topliss-reactive ketones (excluding diaryl/α,β-unsaturated/α-hetero) is 1. The second-order valence-corrected chi connectivity index (χ2v) is 7.39. The van der Waals surface area contributed by atoms with Gasteiger partial charge >= 0.3 is 0 Å². The maximum atomic E-state index is 13.1. The van der Waals surface area contributed by atoms with E-state index in [-0.39, 0.29) is 11.0 Å². The van der Waals surface area contributed by atoms with Crippen LogP contribution in [0.4, 0.5) is 0 Å². The van der Waals surface area contributed by atoms with E-state index >= 15 is 0 Å². The molecular formula is C20H19N3OS. The van der Waals surface area contributed by atoms with Gasteiger partial charge in [0.2, 0.25) is 0 Å². The third-order valence-electron chi connectivity index (χ3n) is 4.43. The van der Waals surface area contributed by atoms with Crippen molar-refractivity contribution in [1.29, 1.82) is 0 Å². The first-order valence-electron chi connectivity index (χ1n) is 8.44. The number of aromatic nitrogens is 3. The fraction of sp³-hybridized carbons (Fsp3) is 0.250. The van der Waals surface area contributed by atoms with Gasteiger partial charge in [-0.15, -0.1) is 10.2 Å². The fourth-order valence-corrected chi connectivity index (χ4v) is 3.97. The van der Waals surface area contributed by atoms with E-state index in [9.17, 15) is 4.79 Å². The Hall–Kier alpha value is -2.40. The van der Waals surface area contributed by atoms with Crippen LogP contribution in [0.25, 0.3) is 0 Å². The lowest BCUT2D eigenvalue weighted by molar-refractivity contribution is 0.0989. The Morgan fingerprint density at radius 1 is 1.04 bits per heavy atom. The van der Waals surface area contributed by atoms with Gasteiger partial charge in [-0.2, -0.15) is 0 Å². The SMILES string of the molecule is Cn1c(SC(C(=O)c2ccccc2)c2ccccc2)nnc1C1CC1. The van der Waals surface area contributed by atoms with Crippen molar-refractivity contribution in [2.24, 2.45) is 7.05 Å². The lowest BCUT2D eigenvalue weighted by Crippen LogP contribution is -2.11. The standard InChI is InChI=1S/C20H19N3OS/c1-23-19(16-12-13-16)21-22-20(23)25-18(15-10-6-3-7-11-15)17(24)14-8-4-2-5-9-14/h2-11,16,18H,12-13H2,1H3. The summed E-state index contributed by atoms with van der Waals surface area (Å²) in [6.07, 6.45) is 2.36. The van der Waals surface area contributed by atoms with E-state index in [4.69, 9.17) is 0 Å². The van der Waals surface area contributed by atoms with Crippen LogP contribution in [-0.2, 0) is 7.05 Å². The summed E-state index contributed by atoms with van der Waals surface area (Å²) in [6, 6.07) is 19.3. The van der Waals surface area contributed by atoms with Crippen molar-refractivity contribution in [3.63, 3.8) is 0 Å². The van der Waals surface area contributed by atoms with E-state index in [2.05, 4.69) is 10.2 Å². The zero-order valence-corrected chi connectivity index (χ0v) is 14.8. The highest BCUT2D eigenvalue weighted by Gasteiger charge is 2.31. The molecular weight excluding hydrogens is 330 g/mol. The molecule has 1 heterocycles. The molecule has 1 atom stereocenters. The summed E-state index contributed by atoms with van der Waals surface area (Å²) in [5.41, 5.74) is 1.70. The summed E-state index contributed by atoms with van der Waals surface area (Å²) in [5, 5.41) is 9.14. The molecule has 0 N–H and O–H groups in total. The number of carbonyl (C=O) groups excluding carboxylic acids is 1. The van der Waals surface area contributed by atoms with Gasteiger partial charge in [-0.3, -0.25) is 4.79 Å². The van der Waals surface area contributed by atoms with Crippen molar-refractivity contribution < 1.29 is 4.79 Å². The van der Waals surface area contributed by atoms with Crippen LogP contribution in [0.3, 0.4) is 0 Å². The van der Waals surface area contributed by atoms with Crippen LogP contribution in [0.1, 0.15) is 45.8 Å². The highest BCUT2D eigenvalue weighted by Crippen LogP contribution is 2.42. The molecule has 2 aromatic carbocycles. The topological polar surface area (TPSA) is 47.8 Å². The molecule has 1 fully saturated rings. The van der Waals surface area contributed by atoms with E-state index in [1.807, 2.05) is 72.3 Å². The van der Waals surface area contributed by atoms with Gasteiger partial charge in [0.05, 0.1) is 0 Å². The summed E-state index contributed by atoms with van der Waals surface area (Å²) in [5.74, 6) is 1.65. The fourth-order valence-electron chi connectivity index (χ4n) is 2.89. The first-order valence-corrected chi connectivity index (χ1v) is 9.32. The highest BCUT2D eigenvalue weighted by atomic mass is 32.2. The van der Waals surface area contributed by atoms with E-state index < -0.39 is 0 Å². The molecule has 126 valence electrons. The molecule has 4 nitrogen and oxygen atoms in total. The average molecular weight is 349 g/mol. The number of nitrogens with zero attached hydrogens (tertiary/aromatic N) is 3. The molecule has 1 aliphatic rings. The van der Waals surface area contributed by atoms with Crippen LogP contribution in [0.5, 0.6) is 0 Å². The van der Waals surface area contributed by atoms with E-state index in [0.29, 0.717) is 11.5 Å². The molecule has 0 amide bonds. The van der Waals surface area contributed by atoms with Crippen molar-refractivity contribution in [1.82, 2.24) is 14.8 Å². The zero-order valence-electron chi connectivity index (χ0n) is 14.0. The number of carbonyl (C=O) groups is 1. The monoisotopic (exact) mass is 349 g/mol. The Bertz CT molecular complexity index is 872. The van der Waals surface area contributed by atoms with Crippen LogP contribution < -0.4 is 0 Å². The molecule has 3 aromatic rings. The Labute approximate surface area is 151 Å². The predicted octanol–water partition coefficient (Wildman–Crippen LogP) is 4.41. The minimum Gasteiger partial charge on any atom is -0.309 e. The quantitative estimate of drug-likeness (QED) is 0.488. The molecule has 1 saturated carbocycles. The zero-order chi connectivity index (χ0) is 17.2. The molecule has 5 heteroatoms. The molecule has 0 saturated heterocycles. The molecule has 4 rings (SSSR count). The summed E-state index contributed by atoms with van der Waals surface area (Å²) in [7, 11) is 1.99. The number of rotatable bonds is 6. The van der Waals surface area contributed by atoms with Crippen LogP contribution in [-0.4, -0.2) is 20.5 Å². The maximum Gasteiger partial charge on any atom is 0.192 e. The van der Waals surface area contributed by atoms with Crippen LogP contribution in [0.15, 0.2) is 65.8 Å². The molecule has 1 aromatic heterocycles. The third kappa shape index (κ3) is 3.37. The Morgan fingerprint density at radius 2 is 1.68 bits per heavy atom. The largest absolute Gasteiger partial charge is 0.309 e. The lowest BCUT2D eigenvalue weighted by Gasteiger charge is -2.15. The summed E-state index contributed by atoms with van der Waals surface area (Å²) in [4.78, 5) is 13.1. The van der Waals surface area contributed by atoms with E-state index in [1.54, 1.807) is 0 Å². The second kappa shape index (κ2) is 6.84. The minimum absolute atomic E-state index is 0.0905. The van der Waals surface area contributed by atoms with Crippen molar-refractivity contribution in [2.45, 2.75) is 29.2 Å². The first kappa shape index (κ1) is 16.1. The van der Waals surface area contributed by atoms with E-state index in [0.717, 1.165) is 16.5 Å². The van der Waals surface area contributed by atoms with Gasteiger partial charge in [-0.05, 0) is 18.4 Å². The molecule has 1 aliphatic carbocycles. The molecule has 0 radical (unpaired) electrons. The normalized spacial score (nSPS) is 15.1. The van der Waals surface area contributed by atoms with Gasteiger partial charge in [-0.1, -0.05) is 72.4 Å². The average Bonchev–Trinajstić information content (AvgIpc) is 3.44. The number of ketones is 1. The Morgan fingerprint density at radius 3 is 2.32 bits per heavy atom. The molecule has 0 spiro atoms. The Kier molecular flexibility index (Phi) is 4.40. The van der Waals surface area contributed by atoms with Gasteiger partial charge in [0.25, 0.3) is 0 Å². The predicted molar refractivity (Wildman–Crippen MR) is 98.8 cm³/mol.